The molecule has 0 aliphatic heterocycles. The van der Waals surface area contributed by atoms with Gasteiger partial charge in [-0.25, -0.2) is 8.42 Å². The first-order chi connectivity index (χ1) is 9.69. The Balaban J connectivity index is 2.73. The minimum absolute atomic E-state index is 0.0225. The summed E-state index contributed by atoms with van der Waals surface area (Å²) in [5.41, 5.74) is 0.261. The van der Waals surface area contributed by atoms with E-state index in [0.717, 1.165) is 0 Å². The lowest BCUT2D eigenvalue weighted by atomic mass is 10.3. The second-order valence-electron chi connectivity index (χ2n) is 4.93. The number of hydrogen-bond acceptors (Lipinski definition) is 6. The Morgan fingerprint density at radius 3 is 2.43 bits per heavy atom. The largest absolute Gasteiger partial charge is 0.360 e. The van der Waals surface area contributed by atoms with Gasteiger partial charge in [0.25, 0.3) is 0 Å². The van der Waals surface area contributed by atoms with Crippen molar-refractivity contribution in [2.75, 3.05) is 13.6 Å². The van der Waals surface area contributed by atoms with Crippen molar-refractivity contribution < 1.29 is 17.7 Å². The number of rotatable bonds is 7. The molecular weight excluding hydrogens is 296 g/mol. The lowest BCUT2D eigenvalue weighted by molar-refractivity contribution is -0.122. The molecule has 1 heterocycles. The van der Waals surface area contributed by atoms with E-state index in [9.17, 15) is 13.2 Å². The van der Waals surface area contributed by atoms with Crippen LogP contribution >= 0.6 is 0 Å². The number of carbonyl (C=O) groups is 1. The van der Waals surface area contributed by atoms with Gasteiger partial charge in [-0.2, -0.15) is 4.72 Å². The Labute approximate surface area is 124 Å². The summed E-state index contributed by atoms with van der Waals surface area (Å²) in [7, 11) is -2.07. The lowest BCUT2D eigenvalue weighted by Crippen LogP contribution is -2.47. The smallest absolute Gasteiger partial charge is 0.246 e. The first-order valence-electron chi connectivity index (χ1n) is 6.59. The summed E-state index contributed by atoms with van der Waals surface area (Å²) in [6, 6.07) is -0.798. The van der Waals surface area contributed by atoms with Crippen LogP contribution < -0.4 is 15.4 Å². The molecule has 9 heteroatoms. The van der Waals surface area contributed by atoms with E-state index in [1.807, 2.05) is 6.92 Å². The van der Waals surface area contributed by atoms with Gasteiger partial charge in [0.05, 0.1) is 6.04 Å². The molecule has 2 atom stereocenters. The summed E-state index contributed by atoms with van der Waals surface area (Å²) in [4.78, 5) is 11.9. The highest BCUT2D eigenvalue weighted by Gasteiger charge is 2.28. The monoisotopic (exact) mass is 318 g/mol. The van der Waals surface area contributed by atoms with E-state index in [1.165, 1.54) is 20.8 Å². The van der Waals surface area contributed by atoms with Crippen molar-refractivity contribution in [1.29, 1.82) is 0 Å². The minimum atomic E-state index is -3.85. The summed E-state index contributed by atoms with van der Waals surface area (Å²) >= 11 is 0. The highest BCUT2D eigenvalue weighted by molar-refractivity contribution is 7.89. The molecule has 0 aromatic carbocycles. The van der Waals surface area contributed by atoms with E-state index in [-0.39, 0.29) is 22.4 Å². The molecule has 0 fully saturated rings. The molecule has 1 aromatic heterocycles. The average molecular weight is 318 g/mol. The molecule has 0 aliphatic rings. The van der Waals surface area contributed by atoms with Crippen LogP contribution in [0.5, 0.6) is 0 Å². The Bertz CT molecular complexity index is 577. The van der Waals surface area contributed by atoms with Crippen LogP contribution in [0, 0.1) is 13.8 Å². The molecule has 0 radical (unpaired) electrons. The van der Waals surface area contributed by atoms with Crippen LogP contribution in [0.15, 0.2) is 9.42 Å². The van der Waals surface area contributed by atoms with Crippen molar-refractivity contribution >= 4 is 15.9 Å². The minimum Gasteiger partial charge on any atom is -0.360 e. The Morgan fingerprint density at radius 1 is 1.33 bits per heavy atom. The Kier molecular flexibility index (Phi) is 5.87. The van der Waals surface area contributed by atoms with Crippen LogP contribution in [0.1, 0.15) is 25.3 Å². The predicted octanol–water partition coefficient (Wildman–Crippen LogP) is -0.318. The first kappa shape index (κ1) is 17.6. The van der Waals surface area contributed by atoms with Gasteiger partial charge in [0.15, 0.2) is 5.76 Å². The third-order valence-electron chi connectivity index (χ3n) is 3.04. The van der Waals surface area contributed by atoms with Gasteiger partial charge < -0.3 is 15.2 Å². The molecule has 3 N–H and O–H groups in total. The van der Waals surface area contributed by atoms with Crippen LogP contribution in [0.3, 0.4) is 0 Å². The van der Waals surface area contributed by atoms with E-state index in [1.54, 1.807) is 7.05 Å². The molecule has 21 heavy (non-hydrogen) atoms. The molecule has 120 valence electrons. The van der Waals surface area contributed by atoms with Gasteiger partial charge in [-0.05, 0) is 34.7 Å². The van der Waals surface area contributed by atoms with Gasteiger partial charge in [-0.1, -0.05) is 5.16 Å². The lowest BCUT2D eigenvalue weighted by Gasteiger charge is -2.16. The number of nitrogens with one attached hydrogen (secondary N) is 3. The van der Waals surface area contributed by atoms with Crippen molar-refractivity contribution in [3.63, 3.8) is 0 Å². The van der Waals surface area contributed by atoms with Crippen LogP contribution in [-0.2, 0) is 14.8 Å². The second kappa shape index (κ2) is 7.01. The molecule has 0 aliphatic carbocycles. The van der Waals surface area contributed by atoms with Crippen molar-refractivity contribution in [3.05, 3.63) is 11.5 Å². The third-order valence-corrected chi connectivity index (χ3v) is 4.82. The van der Waals surface area contributed by atoms with Gasteiger partial charge in [-0.15, -0.1) is 0 Å². The summed E-state index contributed by atoms with van der Waals surface area (Å²) < 4.78 is 31.6. The van der Waals surface area contributed by atoms with Crippen molar-refractivity contribution in [2.45, 2.75) is 44.7 Å². The fourth-order valence-corrected chi connectivity index (χ4v) is 3.24. The molecule has 0 spiro atoms. The van der Waals surface area contributed by atoms with Gasteiger partial charge in [0, 0.05) is 12.6 Å². The van der Waals surface area contributed by atoms with Crippen molar-refractivity contribution in [2.24, 2.45) is 0 Å². The number of carbonyl (C=O) groups excluding carboxylic acids is 1. The topological polar surface area (TPSA) is 113 Å². The first-order valence-corrected chi connectivity index (χ1v) is 8.07. The Morgan fingerprint density at radius 2 is 1.95 bits per heavy atom. The molecule has 1 amide bonds. The van der Waals surface area contributed by atoms with Crippen LogP contribution in [0.25, 0.3) is 0 Å². The SMILES string of the molecule is CNC(C)CNC(=O)C(C)NS(=O)(=O)c1c(C)noc1C. The van der Waals surface area contributed by atoms with E-state index >= 15 is 0 Å². The number of amides is 1. The number of aromatic nitrogens is 1. The van der Waals surface area contributed by atoms with Gasteiger partial charge in [0.1, 0.15) is 10.6 Å². The number of aryl methyl sites for hydroxylation is 2. The zero-order chi connectivity index (χ0) is 16.2. The molecule has 1 rings (SSSR count). The maximum Gasteiger partial charge on any atom is 0.246 e. The second-order valence-corrected chi connectivity index (χ2v) is 6.58. The fraction of sp³-hybridized carbons (Fsp3) is 0.667. The van der Waals surface area contributed by atoms with Crippen LogP contribution in [0.2, 0.25) is 0 Å². The number of sulfonamides is 1. The summed E-state index contributed by atoms with van der Waals surface area (Å²) in [5.74, 6) is -0.205. The van der Waals surface area contributed by atoms with Crippen LogP contribution in [0.4, 0.5) is 0 Å². The maximum absolute atomic E-state index is 12.2. The van der Waals surface area contributed by atoms with Crippen molar-refractivity contribution in [1.82, 2.24) is 20.5 Å². The Hall–Kier alpha value is -1.45. The molecule has 0 bridgehead atoms. The van der Waals surface area contributed by atoms with E-state index in [2.05, 4.69) is 20.5 Å². The van der Waals surface area contributed by atoms with E-state index in [0.29, 0.717) is 6.54 Å². The summed E-state index contributed by atoms with van der Waals surface area (Å²) in [6.07, 6.45) is 0. The highest BCUT2D eigenvalue weighted by Crippen LogP contribution is 2.18. The van der Waals surface area contributed by atoms with Crippen molar-refractivity contribution in [3.8, 4) is 0 Å². The maximum atomic E-state index is 12.2. The van der Waals surface area contributed by atoms with Crippen LogP contribution in [-0.4, -0.2) is 45.2 Å². The number of hydrogen-bond donors (Lipinski definition) is 3. The average Bonchev–Trinajstić information content (AvgIpc) is 2.74. The molecule has 0 saturated heterocycles. The zero-order valence-corrected chi connectivity index (χ0v) is 13.7. The van der Waals surface area contributed by atoms with E-state index < -0.39 is 22.0 Å². The number of likely N-dealkylation sites (N-methyl/N-ethyl adjacent to an activating group) is 1. The molecule has 1 aromatic rings. The third kappa shape index (κ3) is 4.51. The van der Waals surface area contributed by atoms with E-state index in [4.69, 9.17) is 4.52 Å². The fourth-order valence-electron chi connectivity index (χ4n) is 1.71. The summed E-state index contributed by atoms with van der Waals surface area (Å²) in [5, 5.41) is 9.24. The highest BCUT2D eigenvalue weighted by atomic mass is 32.2. The summed E-state index contributed by atoms with van der Waals surface area (Å²) in [6.45, 7) is 6.83. The standard InChI is InChI=1S/C12H22N4O4S/c1-7(13-5)6-14-12(17)9(3)16-21(18,19)11-8(2)15-20-10(11)4/h7,9,13,16H,6H2,1-5H3,(H,14,17). The molecule has 8 nitrogen and oxygen atoms in total. The van der Waals surface area contributed by atoms with Gasteiger partial charge >= 0.3 is 0 Å². The van der Waals surface area contributed by atoms with Gasteiger partial charge in [-0.3, -0.25) is 4.79 Å². The zero-order valence-electron chi connectivity index (χ0n) is 12.9. The molecular formula is C12H22N4O4S. The molecule has 2 unspecified atom stereocenters. The predicted molar refractivity (Wildman–Crippen MR) is 77.3 cm³/mol. The normalized spacial score (nSPS) is 14.7. The quantitative estimate of drug-likeness (QED) is 0.635. The number of nitrogens with zero attached hydrogens (tertiary/aromatic N) is 1. The molecule has 0 saturated carbocycles. The van der Waals surface area contributed by atoms with Gasteiger partial charge in [0.2, 0.25) is 15.9 Å².